The molecule has 0 amide bonds. The summed E-state index contributed by atoms with van der Waals surface area (Å²) in [5, 5.41) is 21.8. The maximum atomic E-state index is 11.3. The molecular formula is C9H14N4O3S. The molecule has 1 heterocycles. The summed E-state index contributed by atoms with van der Waals surface area (Å²) in [5.74, 6) is -0.498. The maximum Gasteiger partial charge on any atom is 0.338 e. The molecule has 7 nitrogen and oxygen atoms in total. The predicted molar refractivity (Wildman–Crippen MR) is 59.5 cm³/mol. The largest absolute Gasteiger partial charge is 0.467 e. The van der Waals surface area contributed by atoms with Crippen molar-refractivity contribution in [2.24, 2.45) is 0 Å². The van der Waals surface area contributed by atoms with E-state index in [0.29, 0.717) is 11.2 Å². The third-order valence-corrected chi connectivity index (χ3v) is 3.70. The molecule has 0 bridgehead atoms. The van der Waals surface area contributed by atoms with Gasteiger partial charge in [-0.15, -0.1) is 5.10 Å². The SMILES string of the molecule is COC(=O)C(C)(O)CSc1nnnn1C1CC1. The lowest BCUT2D eigenvalue weighted by atomic mass is 10.1. The molecule has 1 aromatic heterocycles. The number of aliphatic hydroxyl groups is 1. The van der Waals surface area contributed by atoms with Crippen LogP contribution >= 0.6 is 11.8 Å². The van der Waals surface area contributed by atoms with Crippen LogP contribution in [0.2, 0.25) is 0 Å². The zero-order valence-corrected chi connectivity index (χ0v) is 10.5. The van der Waals surface area contributed by atoms with Gasteiger partial charge < -0.3 is 9.84 Å². The molecule has 0 radical (unpaired) electrons. The Balaban J connectivity index is 1.97. The number of esters is 1. The van der Waals surface area contributed by atoms with Gasteiger partial charge in [0.1, 0.15) is 0 Å². The van der Waals surface area contributed by atoms with Crippen molar-refractivity contribution in [2.75, 3.05) is 12.9 Å². The topological polar surface area (TPSA) is 90.1 Å². The van der Waals surface area contributed by atoms with Crippen LogP contribution in [0.15, 0.2) is 5.16 Å². The summed E-state index contributed by atoms with van der Waals surface area (Å²) < 4.78 is 6.25. The third-order valence-electron chi connectivity index (χ3n) is 2.46. The Kier molecular flexibility index (Phi) is 3.34. The van der Waals surface area contributed by atoms with E-state index in [2.05, 4.69) is 20.3 Å². The number of rotatable bonds is 5. The highest BCUT2D eigenvalue weighted by Gasteiger charge is 2.34. The van der Waals surface area contributed by atoms with Gasteiger partial charge in [-0.1, -0.05) is 11.8 Å². The van der Waals surface area contributed by atoms with Gasteiger partial charge in [0, 0.05) is 5.75 Å². The third kappa shape index (κ3) is 2.75. The molecule has 0 saturated heterocycles. The van der Waals surface area contributed by atoms with Gasteiger partial charge in [-0.05, 0) is 30.2 Å². The van der Waals surface area contributed by atoms with Crippen molar-refractivity contribution < 1.29 is 14.6 Å². The molecule has 1 atom stereocenters. The molecule has 0 aromatic carbocycles. The molecule has 1 aromatic rings. The molecule has 1 fully saturated rings. The Labute approximate surface area is 103 Å². The van der Waals surface area contributed by atoms with Gasteiger partial charge in [0.25, 0.3) is 0 Å². The number of carbonyl (C=O) groups excluding carboxylic acids is 1. The Bertz CT molecular complexity index is 416. The normalized spacial score (nSPS) is 18.8. The Hall–Kier alpha value is -1.15. The molecule has 1 saturated carbocycles. The fraction of sp³-hybridized carbons (Fsp3) is 0.778. The first-order chi connectivity index (χ1) is 8.04. The first-order valence-corrected chi connectivity index (χ1v) is 6.24. The van der Waals surface area contributed by atoms with E-state index in [0.717, 1.165) is 12.8 Å². The van der Waals surface area contributed by atoms with Gasteiger partial charge in [0.2, 0.25) is 5.16 Å². The molecule has 0 spiro atoms. The monoisotopic (exact) mass is 258 g/mol. The highest BCUT2D eigenvalue weighted by molar-refractivity contribution is 7.99. The Morgan fingerprint density at radius 1 is 1.71 bits per heavy atom. The first-order valence-electron chi connectivity index (χ1n) is 5.26. The standard InChI is InChI=1S/C9H14N4O3S/c1-9(15,7(14)16-2)5-17-8-10-11-12-13(8)6-3-4-6/h6,15H,3-5H2,1-2H3. The Morgan fingerprint density at radius 3 is 3.00 bits per heavy atom. The van der Waals surface area contributed by atoms with Crippen molar-refractivity contribution in [3.8, 4) is 0 Å². The molecule has 1 unspecified atom stereocenters. The highest BCUT2D eigenvalue weighted by atomic mass is 32.2. The second kappa shape index (κ2) is 4.61. The van der Waals surface area contributed by atoms with Crippen LogP contribution in [0, 0.1) is 0 Å². The highest BCUT2D eigenvalue weighted by Crippen LogP contribution is 2.36. The molecule has 0 aliphatic heterocycles. The average molecular weight is 258 g/mol. The number of thioether (sulfide) groups is 1. The molecule has 1 N–H and O–H groups in total. The van der Waals surface area contributed by atoms with E-state index in [4.69, 9.17) is 0 Å². The van der Waals surface area contributed by atoms with Gasteiger partial charge in [-0.25, -0.2) is 9.48 Å². The van der Waals surface area contributed by atoms with E-state index in [1.165, 1.54) is 25.8 Å². The van der Waals surface area contributed by atoms with Gasteiger partial charge in [-0.3, -0.25) is 0 Å². The smallest absolute Gasteiger partial charge is 0.338 e. The van der Waals surface area contributed by atoms with Crippen molar-refractivity contribution in [3.05, 3.63) is 0 Å². The van der Waals surface area contributed by atoms with Crippen molar-refractivity contribution in [1.82, 2.24) is 20.2 Å². The lowest BCUT2D eigenvalue weighted by Gasteiger charge is -2.18. The minimum absolute atomic E-state index is 0.159. The Morgan fingerprint density at radius 2 is 2.41 bits per heavy atom. The van der Waals surface area contributed by atoms with E-state index in [-0.39, 0.29) is 5.75 Å². The van der Waals surface area contributed by atoms with Crippen LogP contribution in [-0.2, 0) is 9.53 Å². The zero-order chi connectivity index (χ0) is 12.5. The quantitative estimate of drug-likeness (QED) is 0.588. The van der Waals surface area contributed by atoms with Crippen molar-refractivity contribution in [2.45, 2.75) is 36.6 Å². The number of ether oxygens (including phenoxy) is 1. The summed E-state index contributed by atoms with van der Waals surface area (Å²) in [7, 11) is 1.25. The second-order valence-corrected chi connectivity index (χ2v) is 5.13. The number of methoxy groups -OCH3 is 1. The van der Waals surface area contributed by atoms with E-state index in [9.17, 15) is 9.90 Å². The summed E-state index contributed by atoms with van der Waals surface area (Å²) in [6.45, 7) is 1.41. The lowest BCUT2D eigenvalue weighted by molar-refractivity contribution is -0.158. The molecule has 1 aliphatic rings. The predicted octanol–water partition coefficient (Wildman–Crippen LogP) is 0.0241. The van der Waals surface area contributed by atoms with E-state index in [1.54, 1.807) is 4.68 Å². The van der Waals surface area contributed by atoms with Crippen LogP contribution in [0.3, 0.4) is 0 Å². The minimum Gasteiger partial charge on any atom is -0.467 e. The van der Waals surface area contributed by atoms with Gasteiger partial charge >= 0.3 is 5.97 Å². The molecule has 1 aliphatic carbocycles. The van der Waals surface area contributed by atoms with Crippen LogP contribution in [-0.4, -0.2) is 49.7 Å². The van der Waals surface area contributed by atoms with Gasteiger partial charge in [-0.2, -0.15) is 0 Å². The van der Waals surface area contributed by atoms with Crippen LogP contribution in [0.5, 0.6) is 0 Å². The van der Waals surface area contributed by atoms with E-state index in [1.807, 2.05) is 0 Å². The molecule has 8 heteroatoms. The van der Waals surface area contributed by atoms with Crippen molar-refractivity contribution in [3.63, 3.8) is 0 Å². The van der Waals surface area contributed by atoms with Crippen LogP contribution < -0.4 is 0 Å². The summed E-state index contributed by atoms with van der Waals surface area (Å²) >= 11 is 1.25. The van der Waals surface area contributed by atoms with Crippen molar-refractivity contribution in [1.29, 1.82) is 0 Å². The molecule has 94 valence electrons. The van der Waals surface area contributed by atoms with E-state index < -0.39 is 11.6 Å². The number of nitrogens with zero attached hydrogens (tertiary/aromatic N) is 4. The second-order valence-electron chi connectivity index (χ2n) is 4.19. The van der Waals surface area contributed by atoms with Crippen LogP contribution in [0.1, 0.15) is 25.8 Å². The lowest BCUT2D eigenvalue weighted by Crippen LogP contribution is -2.38. The number of hydrogen-bond acceptors (Lipinski definition) is 7. The molecule has 2 rings (SSSR count). The van der Waals surface area contributed by atoms with Gasteiger partial charge in [0.15, 0.2) is 5.60 Å². The van der Waals surface area contributed by atoms with Gasteiger partial charge in [0.05, 0.1) is 13.2 Å². The zero-order valence-electron chi connectivity index (χ0n) is 9.66. The molecule has 17 heavy (non-hydrogen) atoms. The van der Waals surface area contributed by atoms with Crippen LogP contribution in [0.4, 0.5) is 0 Å². The fourth-order valence-electron chi connectivity index (χ4n) is 1.31. The fourth-order valence-corrected chi connectivity index (χ4v) is 2.25. The number of tetrazole rings is 1. The molecular weight excluding hydrogens is 244 g/mol. The number of aromatic nitrogens is 4. The summed E-state index contributed by atoms with van der Waals surface area (Å²) in [4.78, 5) is 11.3. The first kappa shape index (κ1) is 12.3. The van der Waals surface area contributed by atoms with E-state index >= 15 is 0 Å². The number of carbonyl (C=O) groups is 1. The van der Waals surface area contributed by atoms with Crippen LogP contribution in [0.25, 0.3) is 0 Å². The maximum absolute atomic E-state index is 11.3. The minimum atomic E-state index is -1.53. The summed E-state index contributed by atoms with van der Waals surface area (Å²) in [6.07, 6.45) is 2.15. The average Bonchev–Trinajstić information content (AvgIpc) is 3.04. The summed E-state index contributed by atoms with van der Waals surface area (Å²) in [6, 6.07) is 0.371. The summed E-state index contributed by atoms with van der Waals surface area (Å²) in [5.41, 5.74) is -1.53. The number of hydrogen-bond donors (Lipinski definition) is 1. The van der Waals surface area contributed by atoms with Crippen molar-refractivity contribution >= 4 is 17.7 Å².